The summed E-state index contributed by atoms with van der Waals surface area (Å²) in [5.74, 6) is 0.288. The second kappa shape index (κ2) is 6.12. The number of rotatable bonds is 5. The highest BCUT2D eigenvalue weighted by molar-refractivity contribution is 5.77. The Balaban J connectivity index is 2.78. The molecule has 4 heteroatoms. The minimum absolute atomic E-state index is 0.331. The summed E-state index contributed by atoms with van der Waals surface area (Å²) < 4.78 is 10.2. The predicted octanol–water partition coefficient (Wildman–Crippen LogP) is 1.65. The third-order valence-corrected chi connectivity index (χ3v) is 2.07. The molecule has 0 amide bonds. The van der Waals surface area contributed by atoms with Gasteiger partial charge in [-0.15, -0.1) is 0 Å². The largest absolute Gasteiger partial charge is 0.494 e. The highest BCUT2D eigenvalue weighted by Gasteiger charge is 2.17. The predicted molar refractivity (Wildman–Crippen MR) is 61.2 cm³/mol. The van der Waals surface area contributed by atoms with Gasteiger partial charge in [-0.25, -0.2) is 4.79 Å². The zero-order valence-corrected chi connectivity index (χ0v) is 9.60. The van der Waals surface area contributed by atoms with Crippen LogP contribution in [0.2, 0.25) is 0 Å². The summed E-state index contributed by atoms with van der Waals surface area (Å²) in [5.41, 5.74) is 6.46. The van der Waals surface area contributed by atoms with Crippen LogP contribution in [0.4, 0.5) is 0 Å². The zero-order valence-electron chi connectivity index (χ0n) is 9.60. The first kappa shape index (κ1) is 12.5. The Morgan fingerprint density at radius 2 is 2.12 bits per heavy atom. The third kappa shape index (κ3) is 3.24. The first-order valence-corrected chi connectivity index (χ1v) is 5.34. The number of hydrogen-bond acceptors (Lipinski definition) is 4. The Kier molecular flexibility index (Phi) is 4.79. The van der Waals surface area contributed by atoms with Crippen molar-refractivity contribution in [2.75, 3.05) is 13.2 Å². The number of nitrogens with two attached hydrogens (primary N) is 1. The molecule has 2 N–H and O–H groups in total. The van der Waals surface area contributed by atoms with Gasteiger partial charge in [-0.3, -0.25) is 0 Å². The molecule has 1 aromatic carbocycles. The van der Waals surface area contributed by atoms with Crippen molar-refractivity contribution in [3.05, 3.63) is 29.8 Å². The molecule has 1 rings (SSSR count). The summed E-state index contributed by atoms with van der Waals surface area (Å²) in [6, 6.07) is 6.42. The highest BCUT2D eigenvalue weighted by atomic mass is 16.5. The van der Waals surface area contributed by atoms with Gasteiger partial charge in [-0.2, -0.15) is 0 Å². The molecule has 0 spiro atoms. The van der Waals surface area contributed by atoms with E-state index in [1.807, 2.05) is 13.0 Å². The summed E-state index contributed by atoms with van der Waals surface area (Å²) >= 11 is 0. The van der Waals surface area contributed by atoms with Gasteiger partial charge in [0.1, 0.15) is 11.8 Å². The monoisotopic (exact) mass is 223 g/mol. The smallest absolute Gasteiger partial charge is 0.327 e. The average molecular weight is 223 g/mol. The number of carbonyl (C=O) groups is 1. The summed E-state index contributed by atoms with van der Waals surface area (Å²) in [6.45, 7) is 4.56. The van der Waals surface area contributed by atoms with Crippen molar-refractivity contribution in [1.29, 1.82) is 0 Å². The van der Waals surface area contributed by atoms with Gasteiger partial charge in [0.05, 0.1) is 13.2 Å². The van der Waals surface area contributed by atoms with Crippen molar-refractivity contribution in [2.45, 2.75) is 19.9 Å². The number of hydrogen-bond donors (Lipinski definition) is 1. The molecular formula is C12H17NO3. The van der Waals surface area contributed by atoms with Crippen molar-refractivity contribution >= 4 is 5.97 Å². The number of esters is 1. The topological polar surface area (TPSA) is 61.5 Å². The lowest BCUT2D eigenvalue weighted by Crippen LogP contribution is -2.23. The van der Waals surface area contributed by atoms with Gasteiger partial charge in [0.2, 0.25) is 0 Å². The molecule has 0 unspecified atom stereocenters. The van der Waals surface area contributed by atoms with Gasteiger partial charge < -0.3 is 15.2 Å². The van der Waals surface area contributed by atoms with Crippen molar-refractivity contribution in [3.63, 3.8) is 0 Å². The van der Waals surface area contributed by atoms with E-state index < -0.39 is 12.0 Å². The van der Waals surface area contributed by atoms with Crippen LogP contribution in [0.3, 0.4) is 0 Å². The van der Waals surface area contributed by atoms with Crippen LogP contribution < -0.4 is 10.5 Å². The standard InChI is InChI=1S/C12H17NO3/c1-3-15-10-7-5-6-9(8-10)11(13)12(14)16-4-2/h5-8,11H,3-4,13H2,1-2H3/t11-/m1/s1. The van der Waals surface area contributed by atoms with E-state index in [4.69, 9.17) is 15.2 Å². The van der Waals surface area contributed by atoms with E-state index in [2.05, 4.69) is 0 Å². The van der Waals surface area contributed by atoms with Crippen LogP contribution in [0.25, 0.3) is 0 Å². The Bertz CT molecular complexity index is 352. The van der Waals surface area contributed by atoms with Gasteiger partial charge in [-0.05, 0) is 31.5 Å². The molecule has 0 aliphatic carbocycles. The lowest BCUT2D eigenvalue weighted by atomic mass is 10.1. The maximum absolute atomic E-state index is 11.4. The van der Waals surface area contributed by atoms with Gasteiger partial charge in [-0.1, -0.05) is 12.1 Å². The molecule has 1 aromatic rings. The molecule has 0 saturated heterocycles. The van der Waals surface area contributed by atoms with E-state index in [1.54, 1.807) is 25.1 Å². The summed E-state index contributed by atoms with van der Waals surface area (Å²) in [6.07, 6.45) is 0. The molecule has 16 heavy (non-hydrogen) atoms. The maximum Gasteiger partial charge on any atom is 0.327 e. The Hall–Kier alpha value is -1.55. The number of benzene rings is 1. The van der Waals surface area contributed by atoms with Gasteiger partial charge in [0.15, 0.2) is 0 Å². The summed E-state index contributed by atoms with van der Waals surface area (Å²) in [7, 11) is 0. The van der Waals surface area contributed by atoms with E-state index >= 15 is 0 Å². The Morgan fingerprint density at radius 1 is 1.38 bits per heavy atom. The first-order chi connectivity index (χ1) is 7.69. The molecule has 0 bridgehead atoms. The van der Waals surface area contributed by atoms with Crippen LogP contribution in [0.5, 0.6) is 5.75 Å². The van der Waals surface area contributed by atoms with Gasteiger partial charge in [0.25, 0.3) is 0 Å². The fraction of sp³-hybridized carbons (Fsp3) is 0.417. The minimum Gasteiger partial charge on any atom is -0.494 e. The molecule has 0 fully saturated rings. The molecule has 0 aromatic heterocycles. The number of carbonyl (C=O) groups excluding carboxylic acids is 1. The van der Waals surface area contributed by atoms with Crippen LogP contribution >= 0.6 is 0 Å². The second-order valence-corrected chi connectivity index (χ2v) is 3.24. The molecule has 88 valence electrons. The van der Waals surface area contributed by atoms with Crippen molar-refractivity contribution in [3.8, 4) is 5.75 Å². The summed E-state index contributed by atoms with van der Waals surface area (Å²) in [5, 5.41) is 0. The third-order valence-electron chi connectivity index (χ3n) is 2.07. The van der Waals surface area contributed by atoms with Crippen molar-refractivity contribution in [2.24, 2.45) is 5.73 Å². The van der Waals surface area contributed by atoms with Crippen LogP contribution in [0, 0.1) is 0 Å². The second-order valence-electron chi connectivity index (χ2n) is 3.24. The Labute approximate surface area is 95.3 Å². The van der Waals surface area contributed by atoms with E-state index in [0.717, 1.165) is 0 Å². The molecule has 0 saturated carbocycles. The van der Waals surface area contributed by atoms with Gasteiger partial charge >= 0.3 is 5.97 Å². The lowest BCUT2D eigenvalue weighted by molar-refractivity contribution is -0.144. The normalized spacial score (nSPS) is 11.9. The molecule has 0 aliphatic heterocycles. The highest BCUT2D eigenvalue weighted by Crippen LogP contribution is 2.18. The van der Waals surface area contributed by atoms with Crippen molar-refractivity contribution < 1.29 is 14.3 Å². The number of ether oxygens (including phenoxy) is 2. The van der Waals surface area contributed by atoms with E-state index in [-0.39, 0.29) is 0 Å². The molecule has 4 nitrogen and oxygen atoms in total. The molecule has 0 aliphatic rings. The average Bonchev–Trinajstić information content (AvgIpc) is 2.29. The first-order valence-electron chi connectivity index (χ1n) is 5.34. The van der Waals surface area contributed by atoms with Crippen LogP contribution in [-0.4, -0.2) is 19.2 Å². The zero-order chi connectivity index (χ0) is 12.0. The molecular weight excluding hydrogens is 206 g/mol. The molecule has 0 heterocycles. The van der Waals surface area contributed by atoms with Gasteiger partial charge in [0, 0.05) is 0 Å². The maximum atomic E-state index is 11.4. The van der Waals surface area contributed by atoms with E-state index in [9.17, 15) is 4.79 Å². The van der Waals surface area contributed by atoms with E-state index in [0.29, 0.717) is 24.5 Å². The van der Waals surface area contributed by atoms with Crippen LogP contribution in [0.15, 0.2) is 24.3 Å². The SMILES string of the molecule is CCOC(=O)[C@H](N)c1cccc(OCC)c1. The van der Waals surface area contributed by atoms with E-state index in [1.165, 1.54) is 0 Å². The van der Waals surface area contributed by atoms with Crippen molar-refractivity contribution in [1.82, 2.24) is 0 Å². The molecule has 1 atom stereocenters. The fourth-order valence-electron chi connectivity index (χ4n) is 1.33. The quantitative estimate of drug-likeness (QED) is 0.771. The van der Waals surface area contributed by atoms with Crippen LogP contribution in [-0.2, 0) is 9.53 Å². The lowest BCUT2D eigenvalue weighted by Gasteiger charge is -2.12. The molecule has 0 radical (unpaired) electrons. The fourth-order valence-corrected chi connectivity index (χ4v) is 1.33. The van der Waals surface area contributed by atoms with Crippen LogP contribution in [0.1, 0.15) is 25.5 Å². The Morgan fingerprint density at radius 3 is 2.75 bits per heavy atom. The summed E-state index contributed by atoms with van der Waals surface area (Å²) in [4.78, 5) is 11.4. The minimum atomic E-state index is -0.750.